The summed E-state index contributed by atoms with van der Waals surface area (Å²) in [6, 6.07) is 0. The number of ether oxygens (including phenoxy) is 1. The van der Waals surface area contributed by atoms with Crippen molar-refractivity contribution in [3.8, 4) is 0 Å². The Morgan fingerprint density at radius 1 is 1.27 bits per heavy atom. The summed E-state index contributed by atoms with van der Waals surface area (Å²) in [5.41, 5.74) is 4.43. The highest BCUT2D eigenvalue weighted by Gasteiger charge is 1.76. The van der Waals surface area contributed by atoms with Gasteiger partial charge in [0.05, 0.1) is 7.11 Å². The van der Waals surface area contributed by atoms with Crippen molar-refractivity contribution in [3.05, 3.63) is 0 Å². The van der Waals surface area contributed by atoms with Crippen LogP contribution in [0.2, 0.25) is 0 Å². The van der Waals surface area contributed by atoms with E-state index in [1.165, 1.54) is 32.8 Å². The van der Waals surface area contributed by atoms with Crippen molar-refractivity contribution in [1.29, 1.82) is 0 Å². The molecule has 0 heterocycles. The van der Waals surface area contributed by atoms with E-state index in [2.05, 4.69) is 24.3 Å². The molecule has 68 valence electrons. The molecule has 3 heteroatoms. The number of nitrogens with two attached hydrogens (primary N) is 1. The fourth-order valence-corrected chi connectivity index (χ4v) is 0.500. The molecule has 0 fully saturated rings. The number of hydrogen-bond donors (Lipinski definition) is 1. The van der Waals surface area contributed by atoms with Gasteiger partial charge >= 0.3 is 6.09 Å². The first kappa shape index (κ1) is 12.9. The number of amides is 1. The molecule has 2 N–H and O–H groups in total. The van der Waals surface area contributed by atoms with Gasteiger partial charge in [0, 0.05) is 0 Å². The fraction of sp³-hybridized carbons (Fsp3) is 0.875. The SMILES string of the molecule is CCCCCC.COC(N)=O. The normalized spacial score (nSPS) is 7.91. The summed E-state index contributed by atoms with van der Waals surface area (Å²) in [7, 11) is 1.22. The van der Waals surface area contributed by atoms with Gasteiger partial charge in [-0.1, -0.05) is 39.5 Å². The van der Waals surface area contributed by atoms with Crippen LogP contribution >= 0.6 is 0 Å². The standard InChI is InChI=1S/C6H14.C2H5NO2/c1-3-5-6-4-2;1-5-2(3)4/h3-6H2,1-2H3;1H3,(H2,3,4). The molecule has 0 aromatic carbocycles. The molecule has 0 spiro atoms. The van der Waals surface area contributed by atoms with Crippen LogP contribution in [0.15, 0.2) is 0 Å². The number of primary amides is 1. The molecular weight excluding hydrogens is 142 g/mol. The maximum absolute atomic E-state index is 9.37. The Kier molecular flexibility index (Phi) is 14.1. The summed E-state index contributed by atoms with van der Waals surface area (Å²) in [5.74, 6) is 0. The molecule has 0 rings (SSSR count). The molecule has 0 aliphatic carbocycles. The summed E-state index contributed by atoms with van der Waals surface area (Å²) >= 11 is 0. The number of methoxy groups -OCH3 is 1. The minimum absolute atomic E-state index is 0.745. The molecule has 0 aliphatic rings. The number of rotatable bonds is 3. The Hall–Kier alpha value is -0.730. The van der Waals surface area contributed by atoms with E-state index >= 15 is 0 Å². The van der Waals surface area contributed by atoms with E-state index in [0.717, 1.165) is 0 Å². The van der Waals surface area contributed by atoms with Gasteiger partial charge in [-0.2, -0.15) is 0 Å². The van der Waals surface area contributed by atoms with Gasteiger partial charge in [-0.15, -0.1) is 0 Å². The lowest BCUT2D eigenvalue weighted by molar-refractivity contribution is 0.182. The van der Waals surface area contributed by atoms with Crippen molar-refractivity contribution < 1.29 is 9.53 Å². The average Bonchev–Trinajstić information content (AvgIpc) is 2.02. The third-order valence-electron chi connectivity index (χ3n) is 1.16. The maximum atomic E-state index is 9.37. The summed E-state index contributed by atoms with van der Waals surface area (Å²) in [6.45, 7) is 4.46. The number of carbonyl (C=O) groups is 1. The second-order valence-electron chi connectivity index (χ2n) is 2.23. The van der Waals surface area contributed by atoms with Crippen molar-refractivity contribution in [3.63, 3.8) is 0 Å². The first-order valence-corrected chi connectivity index (χ1v) is 4.02. The monoisotopic (exact) mass is 161 g/mol. The van der Waals surface area contributed by atoms with Crippen LogP contribution in [-0.4, -0.2) is 13.2 Å². The minimum atomic E-state index is -0.745. The van der Waals surface area contributed by atoms with Crippen molar-refractivity contribution >= 4 is 6.09 Å². The van der Waals surface area contributed by atoms with E-state index in [1.54, 1.807) is 0 Å². The van der Waals surface area contributed by atoms with Gasteiger partial charge in [0.2, 0.25) is 0 Å². The molecule has 0 unspecified atom stereocenters. The molecule has 0 bridgehead atoms. The highest BCUT2D eigenvalue weighted by atomic mass is 16.5. The summed E-state index contributed by atoms with van der Waals surface area (Å²) < 4.78 is 3.89. The largest absolute Gasteiger partial charge is 0.453 e. The van der Waals surface area contributed by atoms with Gasteiger partial charge in [-0.3, -0.25) is 0 Å². The Bertz CT molecular complexity index is 80.2. The van der Waals surface area contributed by atoms with Crippen LogP contribution in [0.4, 0.5) is 4.79 Å². The topological polar surface area (TPSA) is 52.3 Å². The predicted octanol–water partition coefficient (Wildman–Crippen LogP) is 2.30. The lowest BCUT2D eigenvalue weighted by atomic mass is 10.2. The molecule has 0 aromatic rings. The van der Waals surface area contributed by atoms with Crippen molar-refractivity contribution in [1.82, 2.24) is 0 Å². The van der Waals surface area contributed by atoms with Gasteiger partial charge in [0.15, 0.2) is 0 Å². The number of carbonyl (C=O) groups excluding carboxylic acids is 1. The van der Waals surface area contributed by atoms with Crippen molar-refractivity contribution in [2.75, 3.05) is 7.11 Å². The molecule has 0 aliphatic heterocycles. The van der Waals surface area contributed by atoms with Gasteiger partial charge in [-0.05, 0) is 0 Å². The van der Waals surface area contributed by atoms with Gasteiger partial charge < -0.3 is 10.5 Å². The van der Waals surface area contributed by atoms with Gasteiger partial charge in [0.1, 0.15) is 0 Å². The lowest BCUT2D eigenvalue weighted by Crippen LogP contribution is -2.08. The van der Waals surface area contributed by atoms with Crippen LogP contribution in [0, 0.1) is 0 Å². The maximum Gasteiger partial charge on any atom is 0.404 e. The number of hydrogen-bond acceptors (Lipinski definition) is 2. The molecule has 1 amide bonds. The zero-order valence-corrected chi connectivity index (χ0v) is 7.72. The Morgan fingerprint density at radius 2 is 1.55 bits per heavy atom. The number of unbranched alkanes of at least 4 members (excludes halogenated alkanes) is 3. The zero-order chi connectivity index (χ0) is 9.11. The fourth-order valence-electron chi connectivity index (χ4n) is 0.500. The van der Waals surface area contributed by atoms with Crippen LogP contribution in [0.25, 0.3) is 0 Å². The molecule has 3 nitrogen and oxygen atoms in total. The van der Waals surface area contributed by atoms with Crippen LogP contribution in [-0.2, 0) is 4.74 Å². The molecule has 0 atom stereocenters. The summed E-state index contributed by atoms with van der Waals surface area (Å²) in [5, 5.41) is 0. The zero-order valence-electron chi connectivity index (χ0n) is 7.72. The molecule has 0 saturated carbocycles. The third-order valence-corrected chi connectivity index (χ3v) is 1.16. The summed E-state index contributed by atoms with van der Waals surface area (Å²) in [6.07, 6.45) is 4.79. The second-order valence-corrected chi connectivity index (χ2v) is 2.23. The van der Waals surface area contributed by atoms with Crippen molar-refractivity contribution in [2.24, 2.45) is 5.73 Å². The molecule has 0 saturated heterocycles. The van der Waals surface area contributed by atoms with Crippen LogP contribution in [0.3, 0.4) is 0 Å². The predicted molar refractivity (Wildman–Crippen MR) is 46.4 cm³/mol. The van der Waals surface area contributed by atoms with Gasteiger partial charge in [0.25, 0.3) is 0 Å². The second kappa shape index (κ2) is 12.0. The van der Waals surface area contributed by atoms with Crippen LogP contribution in [0.1, 0.15) is 39.5 Å². The Labute approximate surface area is 68.9 Å². The van der Waals surface area contributed by atoms with E-state index in [9.17, 15) is 4.79 Å². The Morgan fingerprint density at radius 3 is 1.64 bits per heavy atom. The van der Waals surface area contributed by atoms with E-state index in [0.29, 0.717) is 0 Å². The lowest BCUT2D eigenvalue weighted by Gasteiger charge is -1.86. The van der Waals surface area contributed by atoms with Gasteiger partial charge in [-0.25, -0.2) is 4.79 Å². The third kappa shape index (κ3) is 26.9. The highest BCUT2D eigenvalue weighted by Crippen LogP contribution is 1.95. The first-order chi connectivity index (χ1) is 5.18. The van der Waals surface area contributed by atoms with E-state index in [4.69, 9.17) is 0 Å². The minimum Gasteiger partial charge on any atom is -0.453 e. The van der Waals surface area contributed by atoms with E-state index < -0.39 is 6.09 Å². The highest BCUT2D eigenvalue weighted by molar-refractivity contribution is 5.64. The average molecular weight is 161 g/mol. The van der Waals surface area contributed by atoms with Crippen molar-refractivity contribution in [2.45, 2.75) is 39.5 Å². The Balaban J connectivity index is 0. The van der Waals surface area contributed by atoms with Crippen LogP contribution < -0.4 is 5.73 Å². The molecule has 0 radical (unpaired) electrons. The molecule has 0 aromatic heterocycles. The molecular formula is C8H19NO2. The smallest absolute Gasteiger partial charge is 0.404 e. The van der Waals surface area contributed by atoms with Crippen LogP contribution in [0.5, 0.6) is 0 Å². The molecule has 11 heavy (non-hydrogen) atoms. The summed E-state index contributed by atoms with van der Waals surface area (Å²) in [4.78, 5) is 9.37. The first-order valence-electron chi connectivity index (χ1n) is 4.02. The van der Waals surface area contributed by atoms with E-state index in [-0.39, 0.29) is 0 Å². The van der Waals surface area contributed by atoms with E-state index in [1.807, 2.05) is 0 Å². The quantitative estimate of drug-likeness (QED) is 0.646.